The Hall–Kier alpha value is -1.13. The number of benzene rings is 2. The summed E-state index contributed by atoms with van der Waals surface area (Å²) in [7, 11) is 0. The average molecular weight is 325 g/mol. The molecule has 0 amide bonds. The van der Waals surface area contributed by atoms with Crippen LogP contribution in [0.1, 0.15) is 17.3 Å². The second-order valence-corrected chi connectivity index (χ2v) is 5.78. The van der Waals surface area contributed by atoms with Crippen molar-refractivity contribution in [1.82, 2.24) is 0 Å². The maximum atomic E-state index is 12.8. The van der Waals surface area contributed by atoms with Crippen LogP contribution in [0.25, 0.3) is 0 Å². The van der Waals surface area contributed by atoms with E-state index in [1.165, 1.54) is 30.8 Å². The van der Waals surface area contributed by atoms with Gasteiger partial charge in [-0.25, -0.2) is 4.39 Å². The van der Waals surface area contributed by atoms with Crippen molar-refractivity contribution in [2.45, 2.75) is 16.7 Å². The van der Waals surface area contributed by atoms with Gasteiger partial charge in [0.1, 0.15) is 5.82 Å². The van der Waals surface area contributed by atoms with Gasteiger partial charge in [-0.15, -0.1) is 0 Å². The lowest BCUT2D eigenvalue weighted by atomic mass is 10.1. The summed E-state index contributed by atoms with van der Waals surface area (Å²) in [5, 5.41) is 0. The molecule has 0 saturated heterocycles. The van der Waals surface area contributed by atoms with Gasteiger partial charge in [0.25, 0.3) is 0 Å². The molecule has 0 unspecified atom stereocenters. The lowest BCUT2D eigenvalue weighted by molar-refractivity contribution is 0.101. The van der Waals surface area contributed by atoms with E-state index in [0.717, 1.165) is 14.3 Å². The SMILES string of the molecule is CC(=O)c1ccc(Br)cc1Sc1ccc(F)cc1. The molecule has 0 aromatic heterocycles. The summed E-state index contributed by atoms with van der Waals surface area (Å²) in [5.41, 5.74) is 0.674. The highest BCUT2D eigenvalue weighted by atomic mass is 79.9. The predicted octanol–water partition coefficient (Wildman–Crippen LogP) is 4.94. The molecule has 0 saturated carbocycles. The summed E-state index contributed by atoms with van der Waals surface area (Å²) in [6, 6.07) is 11.7. The number of carbonyl (C=O) groups excluding carboxylic acids is 1. The van der Waals surface area contributed by atoms with Crippen LogP contribution in [-0.2, 0) is 0 Å². The van der Waals surface area contributed by atoms with Crippen molar-refractivity contribution in [1.29, 1.82) is 0 Å². The number of Topliss-reactive ketones (excluding diaryl/α,β-unsaturated/α-hetero) is 1. The van der Waals surface area contributed by atoms with Gasteiger partial charge in [0.05, 0.1) is 0 Å². The van der Waals surface area contributed by atoms with Gasteiger partial charge in [-0.3, -0.25) is 4.79 Å². The first-order chi connectivity index (χ1) is 8.56. The number of ketones is 1. The maximum Gasteiger partial charge on any atom is 0.160 e. The molecule has 0 bridgehead atoms. The Morgan fingerprint density at radius 3 is 2.44 bits per heavy atom. The first-order valence-corrected chi connectivity index (χ1v) is 6.91. The molecular formula is C14H10BrFOS. The molecule has 2 rings (SSSR count). The third-order valence-corrected chi connectivity index (χ3v) is 3.92. The minimum atomic E-state index is -0.264. The Labute approximate surface area is 118 Å². The fourth-order valence-corrected chi connectivity index (χ4v) is 3.05. The Morgan fingerprint density at radius 1 is 1.17 bits per heavy atom. The van der Waals surface area contributed by atoms with Crippen molar-refractivity contribution in [3.05, 3.63) is 58.3 Å². The van der Waals surface area contributed by atoms with Crippen LogP contribution in [0.3, 0.4) is 0 Å². The van der Waals surface area contributed by atoms with Gasteiger partial charge >= 0.3 is 0 Å². The molecule has 1 nitrogen and oxygen atoms in total. The van der Waals surface area contributed by atoms with Crippen LogP contribution in [0.4, 0.5) is 4.39 Å². The standard InChI is InChI=1S/C14H10BrFOS/c1-9(17)13-7-2-10(15)8-14(13)18-12-5-3-11(16)4-6-12/h2-8H,1H3. The van der Waals surface area contributed by atoms with Gasteiger partial charge < -0.3 is 0 Å². The van der Waals surface area contributed by atoms with Gasteiger partial charge in [-0.1, -0.05) is 27.7 Å². The highest BCUT2D eigenvalue weighted by Gasteiger charge is 2.09. The molecule has 2 aromatic rings. The molecule has 0 N–H and O–H groups in total. The summed E-state index contributed by atoms with van der Waals surface area (Å²) >= 11 is 4.83. The van der Waals surface area contributed by atoms with Crippen molar-refractivity contribution in [3.8, 4) is 0 Å². The van der Waals surface area contributed by atoms with E-state index in [9.17, 15) is 9.18 Å². The number of carbonyl (C=O) groups is 1. The highest BCUT2D eigenvalue weighted by Crippen LogP contribution is 2.32. The van der Waals surface area contributed by atoms with Gasteiger partial charge in [0, 0.05) is 19.8 Å². The number of rotatable bonds is 3. The van der Waals surface area contributed by atoms with E-state index in [-0.39, 0.29) is 11.6 Å². The van der Waals surface area contributed by atoms with Crippen LogP contribution in [0.5, 0.6) is 0 Å². The second-order valence-electron chi connectivity index (χ2n) is 3.75. The molecule has 0 aliphatic rings. The second kappa shape index (κ2) is 5.67. The van der Waals surface area contributed by atoms with Crippen LogP contribution in [0, 0.1) is 5.82 Å². The number of hydrogen-bond donors (Lipinski definition) is 0. The third-order valence-electron chi connectivity index (χ3n) is 2.36. The molecule has 4 heteroatoms. The summed E-state index contributed by atoms with van der Waals surface area (Å²) in [6.07, 6.45) is 0. The molecule has 0 atom stereocenters. The number of hydrogen-bond acceptors (Lipinski definition) is 2. The quantitative estimate of drug-likeness (QED) is 0.744. The van der Waals surface area contributed by atoms with Gasteiger partial charge in [0.2, 0.25) is 0 Å². The van der Waals surface area contributed by atoms with E-state index in [2.05, 4.69) is 15.9 Å². The Balaban J connectivity index is 2.35. The van der Waals surface area contributed by atoms with Gasteiger partial charge in [-0.2, -0.15) is 0 Å². The van der Waals surface area contributed by atoms with Crippen LogP contribution < -0.4 is 0 Å². The summed E-state index contributed by atoms with van der Waals surface area (Å²) in [4.78, 5) is 13.3. The zero-order valence-electron chi connectivity index (χ0n) is 9.61. The lowest BCUT2D eigenvalue weighted by Gasteiger charge is -2.07. The van der Waals surface area contributed by atoms with Crippen LogP contribution in [0.15, 0.2) is 56.7 Å². The van der Waals surface area contributed by atoms with Crippen molar-refractivity contribution in [2.75, 3.05) is 0 Å². The summed E-state index contributed by atoms with van der Waals surface area (Å²) < 4.78 is 13.7. The number of halogens is 2. The van der Waals surface area contributed by atoms with Gasteiger partial charge in [0.15, 0.2) is 5.78 Å². The van der Waals surface area contributed by atoms with Crippen LogP contribution in [-0.4, -0.2) is 5.78 Å². The topological polar surface area (TPSA) is 17.1 Å². The van der Waals surface area contributed by atoms with E-state index >= 15 is 0 Å². The van der Waals surface area contributed by atoms with Crippen molar-refractivity contribution < 1.29 is 9.18 Å². The third kappa shape index (κ3) is 3.21. The highest BCUT2D eigenvalue weighted by molar-refractivity contribution is 9.10. The minimum absolute atomic E-state index is 0.0205. The molecule has 0 spiro atoms. The predicted molar refractivity (Wildman–Crippen MR) is 74.7 cm³/mol. The molecular weight excluding hydrogens is 315 g/mol. The minimum Gasteiger partial charge on any atom is -0.294 e. The van der Waals surface area contributed by atoms with Crippen molar-refractivity contribution >= 4 is 33.5 Å². The van der Waals surface area contributed by atoms with E-state index in [1.54, 1.807) is 18.2 Å². The Bertz CT molecular complexity index is 581. The first kappa shape index (κ1) is 13.3. The zero-order valence-corrected chi connectivity index (χ0v) is 12.0. The van der Waals surface area contributed by atoms with Crippen molar-refractivity contribution in [3.63, 3.8) is 0 Å². The molecule has 92 valence electrons. The smallest absolute Gasteiger partial charge is 0.160 e. The summed E-state index contributed by atoms with van der Waals surface area (Å²) in [5.74, 6) is -0.243. The zero-order chi connectivity index (χ0) is 13.1. The lowest BCUT2D eigenvalue weighted by Crippen LogP contribution is -1.94. The maximum absolute atomic E-state index is 12.8. The van der Waals surface area contributed by atoms with E-state index < -0.39 is 0 Å². The first-order valence-electron chi connectivity index (χ1n) is 5.30. The molecule has 0 aliphatic carbocycles. The van der Waals surface area contributed by atoms with Gasteiger partial charge in [-0.05, 0) is 49.4 Å². The largest absolute Gasteiger partial charge is 0.294 e. The molecule has 18 heavy (non-hydrogen) atoms. The molecule has 0 heterocycles. The van der Waals surface area contributed by atoms with Crippen LogP contribution in [0.2, 0.25) is 0 Å². The van der Waals surface area contributed by atoms with E-state index in [4.69, 9.17) is 0 Å². The Kier molecular flexibility index (Phi) is 4.19. The van der Waals surface area contributed by atoms with E-state index in [1.807, 2.05) is 12.1 Å². The average Bonchev–Trinajstić information content (AvgIpc) is 2.32. The monoisotopic (exact) mass is 324 g/mol. The molecule has 0 fully saturated rings. The normalized spacial score (nSPS) is 10.4. The van der Waals surface area contributed by atoms with Crippen LogP contribution >= 0.6 is 27.7 Å². The molecule has 0 radical (unpaired) electrons. The summed E-state index contributed by atoms with van der Waals surface area (Å²) in [6.45, 7) is 1.54. The van der Waals surface area contributed by atoms with Crippen molar-refractivity contribution in [2.24, 2.45) is 0 Å². The Morgan fingerprint density at radius 2 is 1.83 bits per heavy atom. The fourth-order valence-electron chi connectivity index (χ4n) is 1.50. The fraction of sp³-hybridized carbons (Fsp3) is 0.0714. The molecule has 2 aromatic carbocycles. The van der Waals surface area contributed by atoms with E-state index in [0.29, 0.717) is 5.56 Å². The molecule has 0 aliphatic heterocycles.